The first-order valence-corrected chi connectivity index (χ1v) is 9.05. The zero-order chi connectivity index (χ0) is 14.0. The van der Waals surface area contributed by atoms with Gasteiger partial charge in [-0.1, -0.05) is 20.8 Å². The third kappa shape index (κ3) is 3.18. The molecule has 4 nitrogen and oxygen atoms in total. The van der Waals surface area contributed by atoms with Gasteiger partial charge in [0.2, 0.25) is 0 Å². The van der Waals surface area contributed by atoms with Crippen molar-refractivity contribution in [3.63, 3.8) is 0 Å². The molecule has 2 rings (SSSR count). The second-order valence-corrected chi connectivity index (χ2v) is 8.41. The molecule has 2 heterocycles. The molecule has 1 aliphatic rings. The summed E-state index contributed by atoms with van der Waals surface area (Å²) < 4.78 is 27.2. The highest BCUT2D eigenvalue weighted by Crippen LogP contribution is 2.30. The molecule has 0 amide bonds. The number of hydrogen-bond donors (Lipinski definition) is 1. The van der Waals surface area contributed by atoms with Crippen molar-refractivity contribution in [3.05, 3.63) is 17.0 Å². The van der Waals surface area contributed by atoms with E-state index < -0.39 is 10.0 Å². The van der Waals surface area contributed by atoms with Crippen LogP contribution in [0.1, 0.15) is 26.3 Å². The van der Waals surface area contributed by atoms with Gasteiger partial charge in [-0.05, 0) is 35.4 Å². The monoisotopic (exact) mass is 302 g/mol. The summed E-state index contributed by atoms with van der Waals surface area (Å²) in [6.07, 6.45) is 0. The summed E-state index contributed by atoms with van der Waals surface area (Å²) in [5.74, 6) is 0.881. The molecule has 1 fully saturated rings. The molecule has 2 unspecified atom stereocenters. The van der Waals surface area contributed by atoms with Crippen LogP contribution < -0.4 is 5.32 Å². The van der Waals surface area contributed by atoms with Crippen molar-refractivity contribution in [2.45, 2.75) is 31.5 Å². The van der Waals surface area contributed by atoms with E-state index >= 15 is 0 Å². The van der Waals surface area contributed by atoms with Crippen LogP contribution in [0.5, 0.6) is 0 Å². The molecule has 108 valence electrons. The molecule has 1 aromatic rings. The Hall–Kier alpha value is -0.430. The average molecular weight is 302 g/mol. The molecule has 1 N–H and O–H groups in total. The van der Waals surface area contributed by atoms with Crippen molar-refractivity contribution in [1.82, 2.24) is 9.62 Å². The highest BCUT2D eigenvalue weighted by atomic mass is 32.2. The molecule has 1 saturated heterocycles. The molecule has 0 spiro atoms. The van der Waals surface area contributed by atoms with Gasteiger partial charge < -0.3 is 5.32 Å². The van der Waals surface area contributed by atoms with Crippen LogP contribution in [-0.2, 0) is 16.6 Å². The Labute approximate surface area is 119 Å². The molecule has 0 aliphatic carbocycles. The van der Waals surface area contributed by atoms with Gasteiger partial charge in [0, 0.05) is 19.6 Å². The van der Waals surface area contributed by atoms with Crippen LogP contribution in [-0.4, -0.2) is 32.4 Å². The zero-order valence-corrected chi connectivity index (χ0v) is 13.4. The summed E-state index contributed by atoms with van der Waals surface area (Å²) >= 11 is 1.33. The van der Waals surface area contributed by atoms with E-state index in [0.717, 1.165) is 18.7 Å². The van der Waals surface area contributed by atoms with Gasteiger partial charge in [0.15, 0.2) is 0 Å². The van der Waals surface area contributed by atoms with E-state index in [-0.39, 0.29) is 0 Å². The fourth-order valence-electron chi connectivity index (χ4n) is 2.25. The van der Waals surface area contributed by atoms with Gasteiger partial charge in [0.05, 0.1) is 0 Å². The number of hydrogen-bond acceptors (Lipinski definition) is 4. The van der Waals surface area contributed by atoms with Crippen LogP contribution in [0.4, 0.5) is 0 Å². The standard InChI is InChI=1S/C13H22N2O2S2/c1-4-14-6-12-5-13(18-9-12)19(16,17)15-7-10(2)11(3)8-15/h5,9-11,14H,4,6-8H2,1-3H3. The number of rotatable bonds is 5. The van der Waals surface area contributed by atoms with Crippen molar-refractivity contribution in [2.24, 2.45) is 11.8 Å². The molecule has 0 saturated carbocycles. The smallest absolute Gasteiger partial charge is 0.252 e. The Balaban J connectivity index is 2.14. The average Bonchev–Trinajstić information content (AvgIpc) is 2.95. The zero-order valence-electron chi connectivity index (χ0n) is 11.7. The van der Waals surface area contributed by atoms with E-state index in [4.69, 9.17) is 0 Å². The van der Waals surface area contributed by atoms with Crippen molar-refractivity contribution in [1.29, 1.82) is 0 Å². The minimum Gasteiger partial charge on any atom is -0.313 e. The first kappa shape index (κ1) is 15.0. The minimum atomic E-state index is -3.28. The highest BCUT2D eigenvalue weighted by molar-refractivity contribution is 7.91. The fraction of sp³-hybridized carbons (Fsp3) is 0.692. The van der Waals surface area contributed by atoms with Crippen molar-refractivity contribution < 1.29 is 8.42 Å². The second kappa shape index (κ2) is 5.91. The molecule has 0 radical (unpaired) electrons. The molecule has 2 atom stereocenters. The van der Waals surface area contributed by atoms with Gasteiger partial charge in [-0.25, -0.2) is 8.42 Å². The van der Waals surface area contributed by atoms with Crippen LogP contribution in [0.3, 0.4) is 0 Å². The van der Waals surface area contributed by atoms with E-state index in [1.165, 1.54) is 11.3 Å². The molecule has 6 heteroatoms. The van der Waals surface area contributed by atoms with Crippen LogP contribution >= 0.6 is 11.3 Å². The number of thiophene rings is 1. The lowest BCUT2D eigenvalue weighted by Gasteiger charge is -2.14. The predicted molar refractivity (Wildman–Crippen MR) is 78.8 cm³/mol. The summed E-state index contributed by atoms with van der Waals surface area (Å²) in [5, 5.41) is 5.14. The molecule has 0 bridgehead atoms. The van der Waals surface area contributed by atoms with Gasteiger partial charge in [0.1, 0.15) is 4.21 Å². The van der Waals surface area contributed by atoms with Crippen molar-refractivity contribution in [3.8, 4) is 0 Å². The molecule has 1 aromatic heterocycles. The van der Waals surface area contributed by atoms with Crippen LogP contribution in [0.15, 0.2) is 15.7 Å². The van der Waals surface area contributed by atoms with E-state index in [9.17, 15) is 8.42 Å². The van der Waals surface area contributed by atoms with E-state index in [1.54, 1.807) is 10.4 Å². The maximum atomic E-state index is 12.5. The largest absolute Gasteiger partial charge is 0.313 e. The third-order valence-corrected chi connectivity index (χ3v) is 7.05. The Morgan fingerprint density at radius 2 is 2.00 bits per heavy atom. The molecular formula is C13H22N2O2S2. The van der Waals surface area contributed by atoms with E-state index in [1.807, 2.05) is 12.3 Å². The Morgan fingerprint density at radius 3 is 2.58 bits per heavy atom. The van der Waals surface area contributed by atoms with Gasteiger partial charge in [-0.2, -0.15) is 4.31 Å². The Kier molecular flexibility index (Phi) is 4.66. The fourth-order valence-corrected chi connectivity index (χ4v) is 5.25. The first-order valence-electron chi connectivity index (χ1n) is 6.73. The van der Waals surface area contributed by atoms with Crippen molar-refractivity contribution >= 4 is 21.4 Å². The predicted octanol–water partition coefficient (Wildman–Crippen LogP) is 2.13. The summed E-state index contributed by atoms with van der Waals surface area (Å²) in [7, 11) is -3.28. The van der Waals surface area contributed by atoms with Crippen LogP contribution in [0.25, 0.3) is 0 Å². The van der Waals surface area contributed by atoms with Gasteiger partial charge >= 0.3 is 0 Å². The lowest BCUT2D eigenvalue weighted by atomic mass is 10.0. The van der Waals surface area contributed by atoms with Gasteiger partial charge in [-0.15, -0.1) is 11.3 Å². The van der Waals surface area contributed by atoms with Gasteiger partial charge in [-0.3, -0.25) is 0 Å². The molecule has 0 aromatic carbocycles. The first-order chi connectivity index (χ1) is 8.95. The van der Waals surface area contributed by atoms with E-state index in [2.05, 4.69) is 19.2 Å². The lowest BCUT2D eigenvalue weighted by Crippen LogP contribution is -2.28. The van der Waals surface area contributed by atoms with Crippen LogP contribution in [0.2, 0.25) is 0 Å². The molecule has 19 heavy (non-hydrogen) atoms. The number of sulfonamides is 1. The molecular weight excluding hydrogens is 280 g/mol. The number of nitrogens with one attached hydrogen (secondary N) is 1. The Morgan fingerprint density at radius 1 is 1.37 bits per heavy atom. The third-order valence-electron chi connectivity index (χ3n) is 3.76. The quantitative estimate of drug-likeness (QED) is 0.906. The molecule has 1 aliphatic heterocycles. The van der Waals surface area contributed by atoms with Crippen LogP contribution in [0, 0.1) is 11.8 Å². The Bertz CT molecular complexity index is 515. The van der Waals surface area contributed by atoms with E-state index in [0.29, 0.717) is 29.1 Å². The van der Waals surface area contributed by atoms with Crippen molar-refractivity contribution in [2.75, 3.05) is 19.6 Å². The topological polar surface area (TPSA) is 49.4 Å². The normalized spacial score (nSPS) is 25.0. The maximum absolute atomic E-state index is 12.5. The second-order valence-electron chi connectivity index (χ2n) is 5.33. The highest BCUT2D eigenvalue weighted by Gasteiger charge is 2.35. The maximum Gasteiger partial charge on any atom is 0.252 e. The minimum absolute atomic E-state index is 0.441. The number of nitrogens with zero attached hydrogens (tertiary/aromatic N) is 1. The summed E-state index contributed by atoms with van der Waals surface area (Å²) in [6.45, 7) is 9.18. The summed E-state index contributed by atoms with van der Waals surface area (Å²) in [6, 6.07) is 1.80. The lowest BCUT2D eigenvalue weighted by molar-refractivity contribution is 0.465. The van der Waals surface area contributed by atoms with Gasteiger partial charge in [0.25, 0.3) is 10.0 Å². The summed E-state index contributed by atoms with van der Waals surface area (Å²) in [5.41, 5.74) is 1.05. The SMILES string of the molecule is CCNCc1csc(S(=O)(=O)N2CC(C)C(C)C2)c1. The summed E-state index contributed by atoms with van der Waals surface area (Å²) in [4.78, 5) is 0.